The molecule has 0 spiro atoms. The van der Waals surface area contributed by atoms with Gasteiger partial charge in [0, 0.05) is 0 Å². The smallest absolute Gasteiger partial charge is 0.255 e. The monoisotopic (exact) mass is 226 g/mol. The van der Waals surface area contributed by atoms with Gasteiger partial charge in [-0.15, -0.1) is 0 Å². The molecule has 0 heterocycles. The Morgan fingerprint density at radius 1 is 1.33 bits per heavy atom. The molecule has 0 bridgehead atoms. The van der Waals surface area contributed by atoms with Crippen LogP contribution < -0.4 is 0 Å². The Balaban J connectivity index is 3.43. The molecule has 0 unspecified atom stereocenters. The van der Waals surface area contributed by atoms with E-state index in [1.807, 2.05) is 0 Å². The first-order valence-electron chi connectivity index (χ1n) is 2.87. The quantitative estimate of drug-likeness (QED) is 0.530. The minimum Gasteiger partial charge on any atom is -0.275 e. The highest BCUT2D eigenvalue weighted by atomic mass is 35.5. The third-order valence-electron chi connectivity index (χ3n) is 1.24. The van der Waals surface area contributed by atoms with E-state index < -0.39 is 11.1 Å². The summed E-state index contributed by atoms with van der Waals surface area (Å²) >= 11 is 16.1. The third-order valence-corrected chi connectivity index (χ3v) is 2.11. The van der Waals surface area contributed by atoms with Crippen LogP contribution in [0.5, 0.6) is 0 Å². The van der Waals surface area contributed by atoms with Gasteiger partial charge in [0.25, 0.3) is 5.24 Å². The fourth-order valence-corrected chi connectivity index (χ4v) is 1.54. The molecule has 0 aromatic heterocycles. The molecule has 0 fully saturated rings. The highest BCUT2D eigenvalue weighted by Gasteiger charge is 2.15. The van der Waals surface area contributed by atoms with Crippen LogP contribution in [0, 0.1) is 5.82 Å². The molecule has 0 atom stereocenters. The average molecular weight is 227 g/mol. The third kappa shape index (κ3) is 1.71. The molecule has 5 heteroatoms. The molecule has 0 saturated carbocycles. The molecule has 0 amide bonds. The van der Waals surface area contributed by atoms with E-state index in [-0.39, 0.29) is 15.6 Å². The zero-order valence-electron chi connectivity index (χ0n) is 5.57. The van der Waals surface area contributed by atoms with E-state index >= 15 is 0 Å². The van der Waals surface area contributed by atoms with Crippen LogP contribution in [-0.2, 0) is 0 Å². The fraction of sp³-hybridized carbons (Fsp3) is 0. The topological polar surface area (TPSA) is 17.1 Å². The zero-order chi connectivity index (χ0) is 9.30. The molecule has 0 aliphatic heterocycles. The second-order valence-corrected chi connectivity index (χ2v) is 3.12. The Hall–Kier alpha value is -0.310. The van der Waals surface area contributed by atoms with Crippen molar-refractivity contribution in [2.24, 2.45) is 0 Å². The van der Waals surface area contributed by atoms with E-state index in [1.165, 1.54) is 6.07 Å². The fourth-order valence-electron chi connectivity index (χ4n) is 0.707. The Kier molecular flexibility index (Phi) is 2.94. The van der Waals surface area contributed by atoms with Gasteiger partial charge in [-0.1, -0.05) is 23.2 Å². The van der Waals surface area contributed by atoms with Gasteiger partial charge in [-0.3, -0.25) is 4.79 Å². The van der Waals surface area contributed by atoms with E-state index in [0.29, 0.717) is 0 Å². The highest BCUT2D eigenvalue weighted by molar-refractivity contribution is 6.69. The second kappa shape index (κ2) is 3.60. The number of hydrogen-bond acceptors (Lipinski definition) is 1. The van der Waals surface area contributed by atoms with Gasteiger partial charge in [0.2, 0.25) is 0 Å². The van der Waals surface area contributed by atoms with Crippen LogP contribution in [0.2, 0.25) is 10.0 Å². The SMILES string of the molecule is O=C(Cl)c1c(Cl)ccc(F)c1Cl. The molecule has 1 rings (SSSR count). The summed E-state index contributed by atoms with van der Waals surface area (Å²) in [5.74, 6) is -0.718. The predicted molar refractivity (Wildman–Crippen MR) is 46.6 cm³/mol. The number of hydrogen-bond donors (Lipinski definition) is 0. The van der Waals surface area contributed by atoms with Crippen LogP contribution in [0.1, 0.15) is 10.4 Å². The van der Waals surface area contributed by atoms with Crippen molar-refractivity contribution < 1.29 is 9.18 Å². The van der Waals surface area contributed by atoms with Gasteiger partial charge < -0.3 is 0 Å². The van der Waals surface area contributed by atoms with Crippen molar-refractivity contribution in [2.45, 2.75) is 0 Å². The Bertz CT molecular complexity index is 338. The minimum absolute atomic E-state index is 0.0430. The van der Waals surface area contributed by atoms with E-state index in [1.54, 1.807) is 0 Å². The summed E-state index contributed by atoms with van der Waals surface area (Å²) in [6.07, 6.45) is 0. The van der Waals surface area contributed by atoms with E-state index in [0.717, 1.165) is 6.07 Å². The molecule has 0 aliphatic rings. The second-order valence-electron chi connectivity index (χ2n) is 1.99. The van der Waals surface area contributed by atoms with Gasteiger partial charge in [-0.25, -0.2) is 4.39 Å². The Labute approximate surface area is 83.0 Å². The van der Waals surface area contributed by atoms with Crippen molar-refractivity contribution in [1.82, 2.24) is 0 Å². The summed E-state index contributed by atoms with van der Waals surface area (Å²) in [5, 5.41) is -1.17. The maximum atomic E-state index is 12.7. The van der Waals surface area contributed by atoms with Crippen LogP contribution in [0.15, 0.2) is 12.1 Å². The maximum Gasteiger partial charge on any atom is 0.255 e. The number of carbonyl (C=O) groups excluding carboxylic acids is 1. The van der Waals surface area contributed by atoms with Gasteiger partial charge in [0.15, 0.2) is 0 Å². The van der Waals surface area contributed by atoms with Crippen molar-refractivity contribution in [3.63, 3.8) is 0 Å². The lowest BCUT2D eigenvalue weighted by Crippen LogP contribution is -1.94. The summed E-state index contributed by atoms with van der Waals surface area (Å²) in [4.78, 5) is 10.7. The lowest BCUT2D eigenvalue weighted by atomic mass is 10.2. The van der Waals surface area contributed by atoms with Gasteiger partial charge >= 0.3 is 0 Å². The standard InChI is InChI=1S/C7H2Cl3FO/c8-3-1-2-4(11)6(9)5(3)7(10)12/h1-2H. The molecule has 1 aromatic rings. The van der Waals surface area contributed by atoms with E-state index in [9.17, 15) is 9.18 Å². The van der Waals surface area contributed by atoms with Gasteiger partial charge in [-0.2, -0.15) is 0 Å². The number of rotatable bonds is 1. The lowest BCUT2D eigenvalue weighted by molar-refractivity contribution is 0.108. The number of halogens is 4. The zero-order valence-corrected chi connectivity index (χ0v) is 7.84. The number of carbonyl (C=O) groups is 1. The molecule has 0 N–H and O–H groups in total. The maximum absolute atomic E-state index is 12.7. The minimum atomic E-state index is -0.871. The molecule has 1 nitrogen and oxygen atoms in total. The normalized spacial score (nSPS) is 10.0. The Morgan fingerprint density at radius 3 is 2.33 bits per heavy atom. The van der Waals surface area contributed by atoms with E-state index in [2.05, 4.69) is 0 Å². The van der Waals surface area contributed by atoms with Crippen LogP contribution in [0.3, 0.4) is 0 Å². The first-order chi connectivity index (χ1) is 5.54. The molecule has 0 radical (unpaired) electrons. The molecule has 1 aromatic carbocycles. The highest BCUT2D eigenvalue weighted by Crippen LogP contribution is 2.28. The van der Waals surface area contributed by atoms with Crippen LogP contribution >= 0.6 is 34.8 Å². The lowest BCUT2D eigenvalue weighted by Gasteiger charge is -2.01. The van der Waals surface area contributed by atoms with Crippen molar-refractivity contribution in [3.8, 4) is 0 Å². The summed E-state index contributed by atoms with van der Waals surface area (Å²) in [6, 6.07) is 2.28. The first kappa shape index (κ1) is 9.78. The van der Waals surface area contributed by atoms with Gasteiger partial charge in [0.05, 0.1) is 15.6 Å². The van der Waals surface area contributed by atoms with Crippen LogP contribution in [0.4, 0.5) is 4.39 Å². The molecule has 0 aliphatic carbocycles. The number of benzene rings is 1. The van der Waals surface area contributed by atoms with Crippen molar-refractivity contribution >= 4 is 40.0 Å². The summed E-state index contributed by atoms with van der Waals surface area (Å²) in [6.45, 7) is 0. The molecule has 0 saturated heterocycles. The largest absolute Gasteiger partial charge is 0.275 e. The average Bonchev–Trinajstić information content (AvgIpc) is 1.97. The first-order valence-corrected chi connectivity index (χ1v) is 4.00. The molecular weight excluding hydrogens is 225 g/mol. The van der Waals surface area contributed by atoms with Crippen molar-refractivity contribution in [2.75, 3.05) is 0 Å². The Morgan fingerprint density at radius 2 is 1.92 bits per heavy atom. The molecule has 64 valence electrons. The summed E-state index contributed by atoms with van der Waals surface area (Å²) in [5.41, 5.74) is -0.194. The predicted octanol–water partition coefficient (Wildman–Crippen LogP) is 3.51. The van der Waals surface area contributed by atoms with Gasteiger partial charge in [-0.05, 0) is 23.7 Å². The molecule has 12 heavy (non-hydrogen) atoms. The van der Waals surface area contributed by atoms with Crippen LogP contribution in [-0.4, -0.2) is 5.24 Å². The summed E-state index contributed by atoms with van der Waals surface area (Å²) < 4.78 is 12.7. The van der Waals surface area contributed by atoms with E-state index in [4.69, 9.17) is 34.8 Å². The van der Waals surface area contributed by atoms with Crippen LogP contribution in [0.25, 0.3) is 0 Å². The molecular formula is C7H2Cl3FO. The van der Waals surface area contributed by atoms with Crippen molar-refractivity contribution in [1.29, 1.82) is 0 Å². The van der Waals surface area contributed by atoms with Gasteiger partial charge in [0.1, 0.15) is 5.82 Å². The van der Waals surface area contributed by atoms with Crippen molar-refractivity contribution in [3.05, 3.63) is 33.6 Å². The summed E-state index contributed by atoms with van der Waals surface area (Å²) in [7, 11) is 0.